The van der Waals surface area contributed by atoms with E-state index in [1.54, 1.807) is 25.3 Å². The fraction of sp³-hybridized carbons (Fsp3) is 0.278. The lowest BCUT2D eigenvalue weighted by Crippen LogP contribution is -2.28. The molecule has 3 nitrogen and oxygen atoms in total. The zero-order valence-corrected chi connectivity index (χ0v) is 12.6. The van der Waals surface area contributed by atoms with Crippen molar-refractivity contribution in [3.8, 4) is 0 Å². The Morgan fingerprint density at radius 2 is 1.82 bits per heavy atom. The Labute approximate surface area is 130 Å². The first-order valence-corrected chi connectivity index (χ1v) is 7.27. The summed E-state index contributed by atoms with van der Waals surface area (Å²) in [4.78, 5) is 12.1. The smallest absolute Gasteiger partial charge is 0.221 e. The van der Waals surface area contributed by atoms with E-state index in [-0.39, 0.29) is 24.1 Å². The molecule has 0 aromatic heterocycles. The van der Waals surface area contributed by atoms with Gasteiger partial charge in [-0.1, -0.05) is 48.5 Å². The SMILES string of the molecule is COCCNC(=O)CC(c1ccccc1)c1ccccc1F. The molecule has 0 fully saturated rings. The van der Waals surface area contributed by atoms with Crippen molar-refractivity contribution >= 4 is 5.91 Å². The molecule has 2 aromatic rings. The normalized spacial score (nSPS) is 11.9. The molecule has 1 atom stereocenters. The van der Waals surface area contributed by atoms with Crippen molar-refractivity contribution in [1.82, 2.24) is 5.32 Å². The molecule has 2 aromatic carbocycles. The molecule has 0 aliphatic carbocycles. The summed E-state index contributed by atoms with van der Waals surface area (Å²) >= 11 is 0. The summed E-state index contributed by atoms with van der Waals surface area (Å²) in [6, 6.07) is 16.1. The molecule has 0 aliphatic rings. The van der Waals surface area contributed by atoms with Gasteiger partial charge in [-0.3, -0.25) is 4.79 Å². The minimum Gasteiger partial charge on any atom is -0.383 e. The quantitative estimate of drug-likeness (QED) is 0.798. The van der Waals surface area contributed by atoms with E-state index >= 15 is 0 Å². The highest BCUT2D eigenvalue weighted by molar-refractivity contribution is 5.77. The number of amides is 1. The summed E-state index contributed by atoms with van der Waals surface area (Å²) in [6.07, 6.45) is 0.203. The Bertz CT molecular complexity index is 601. The molecule has 1 amide bonds. The predicted octanol–water partition coefficient (Wildman–Crippen LogP) is 3.11. The van der Waals surface area contributed by atoms with Gasteiger partial charge in [0.05, 0.1) is 6.61 Å². The van der Waals surface area contributed by atoms with Gasteiger partial charge in [0.15, 0.2) is 0 Å². The summed E-state index contributed by atoms with van der Waals surface area (Å²) in [5, 5.41) is 2.79. The number of benzene rings is 2. The summed E-state index contributed by atoms with van der Waals surface area (Å²) in [5.41, 5.74) is 1.46. The number of halogens is 1. The van der Waals surface area contributed by atoms with Gasteiger partial charge in [0, 0.05) is 26.0 Å². The molecule has 22 heavy (non-hydrogen) atoms. The minimum atomic E-state index is -0.301. The van der Waals surface area contributed by atoms with Crippen LogP contribution in [0.15, 0.2) is 54.6 Å². The second-order valence-electron chi connectivity index (χ2n) is 5.03. The first-order chi connectivity index (χ1) is 10.7. The Hall–Kier alpha value is -2.20. The highest BCUT2D eigenvalue weighted by atomic mass is 19.1. The van der Waals surface area contributed by atoms with Crippen LogP contribution in [0.2, 0.25) is 0 Å². The van der Waals surface area contributed by atoms with E-state index in [0.29, 0.717) is 18.7 Å². The summed E-state index contributed by atoms with van der Waals surface area (Å²) < 4.78 is 19.0. The molecular weight excluding hydrogens is 281 g/mol. The molecule has 0 bridgehead atoms. The van der Waals surface area contributed by atoms with E-state index in [9.17, 15) is 9.18 Å². The van der Waals surface area contributed by atoms with E-state index < -0.39 is 0 Å². The number of methoxy groups -OCH3 is 1. The summed E-state index contributed by atoms with van der Waals surface area (Å²) in [5.74, 6) is -0.708. The van der Waals surface area contributed by atoms with Gasteiger partial charge < -0.3 is 10.1 Å². The maximum atomic E-state index is 14.1. The Morgan fingerprint density at radius 3 is 2.50 bits per heavy atom. The van der Waals surface area contributed by atoms with Crippen LogP contribution in [0.3, 0.4) is 0 Å². The van der Waals surface area contributed by atoms with Crippen molar-refractivity contribution in [2.45, 2.75) is 12.3 Å². The molecule has 1 N–H and O–H groups in total. The molecule has 0 radical (unpaired) electrons. The van der Waals surface area contributed by atoms with Crippen molar-refractivity contribution in [2.75, 3.05) is 20.3 Å². The lowest BCUT2D eigenvalue weighted by atomic mass is 9.88. The van der Waals surface area contributed by atoms with Crippen molar-refractivity contribution in [1.29, 1.82) is 0 Å². The Balaban J connectivity index is 2.20. The maximum absolute atomic E-state index is 14.1. The molecule has 0 saturated carbocycles. The molecule has 116 valence electrons. The highest BCUT2D eigenvalue weighted by Crippen LogP contribution is 2.29. The monoisotopic (exact) mass is 301 g/mol. The third-order valence-electron chi connectivity index (χ3n) is 3.50. The zero-order chi connectivity index (χ0) is 15.8. The second-order valence-corrected chi connectivity index (χ2v) is 5.03. The fourth-order valence-corrected chi connectivity index (χ4v) is 2.40. The van der Waals surface area contributed by atoms with Crippen LogP contribution in [0.1, 0.15) is 23.5 Å². The van der Waals surface area contributed by atoms with Crippen LogP contribution in [0.5, 0.6) is 0 Å². The average molecular weight is 301 g/mol. The lowest BCUT2D eigenvalue weighted by molar-refractivity contribution is -0.121. The van der Waals surface area contributed by atoms with Crippen LogP contribution in [-0.4, -0.2) is 26.2 Å². The Kier molecular flexibility index (Phi) is 6.10. The molecule has 1 unspecified atom stereocenters. The summed E-state index contributed by atoms with van der Waals surface area (Å²) in [6.45, 7) is 0.912. The highest BCUT2D eigenvalue weighted by Gasteiger charge is 2.20. The summed E-state index contributed by atoms with van der Waals surface area (Å²) in [7, 11) is 1.58. The number of hydrogen-bond donors (Lipinski definition) is 1. The maximum Gasteiger partial charge on any atom is 0.221 e. The molecular formula is C18H20FNO2. The topological polar surface area (TPSA) is 38.3 Å². The minimum absolute atomic E-state index is 0.117. The van der Waals surface area contributed by atoms with Crippen LogP contribution in [0, 0.1) is 5.82 Å². The number of carbonyl (C=O) groups excluding carboxylic acids is 1. The third kappa shape index (κ3) is 4.40. The lowest BCUT2D eigenvalue weighted by Gasteiger charge is -2.18. The van der Waals surface area contributed by atoms with Gasteiger partial charge in [0.1, 0.15) is 5.82 Å². The largest absolute Gasteiger partial charge is 0.383 e. The molecule has 0 heterocycles. The van der Waals surface area contributed by atoms with Gasteiger partial charge in [0.2, 0.25) is 5.91 Å². The molecule has 2 rings (SSSR count). The van der Waals surface area contributed by atoms with E-state index in [1.807, 2.05) is 30.3 Å². The molecule has 0 saturated heterocycles. The van der Waals surface area contributed by atoms with Crippen molar-refractivity contribution < 1.29 is 13.9 Å². The van der Waals surface area contributed by atoms with E-state index in [4.69, 9.17) is 4.74 Å². The van der Waals surface area contributed by atoms with Gasteiger partial charge in [-0.25, -0.2) is 4.39 Å². The number of nitrogens with one attached hydrogen (secondary N) is 1. The van der Waals surface area contributed by atoms with Crippen LogP contribution < -0.4 is 5.32 Å². The van der Waals surface area contributed by atoms with Gasteiger partial charge in [0.25, 0.3) is 0 Å². The van der Waals surface area contributed by atoms with Crippen LogP contribution in [-0.2, 0) is 9.53 Å². The zero-order valence-electron chi connectivity index (χ0n) is 12.6. The number of rotatable bonds is 7. The first-order valence-electron chi connectivity index (χ1n) is 7.27. The standard InChI is InChI=1S/C18H20FNO2/c1-22-12-11-20-18(21)13-16(14-7-3-2-4-8-14)15-9-5-6-10-17(15)19/h2-10,16H,11-13H2,1H3,(H,20,21). The van der Waals surface area contributed by atoms with E-state index in [1.165, 1.54) is 6.07 Å². The Morgan fingerprint density at radius 1 is 1.14 bits per heavy atom. The van der Waals surface area contributed by atoms with Crippen LogP contribution in [0.4, 0.5) is 4.39 Å². The predicted molar refractivity (Wildman–Crippen MR) is 84.2 cm³/mol. The number of ether oxygens (including phenoxy) is 1. The molecule has 0 spiro atoms. The second kappa shape index (κ2) is 8.29. The van der Waals surface area contributed by atoms with Crippen LogP contribution >= 0.6 is 0 Å². The van der Waals surface area contributed by atoms with Gasteiger partial charge >= 0.3 is 0 Å². The number of hydrogen-bond acceptors (Lipinski definition) is 2. The molecule has 4 heteroatoms. The van der Waals surface area contributed by atoms with Crippen molar-refractivity contribution in [3.63, 3.8) is 0 Å². The van der Waals surface area contributed by atoms with Crippen molar-refractivity contribution in [2.24, 2.45) is 0 Å². The van der Waals surface area contributed by atoms with E-state index in [2.05, 4.69) is 5.32 Å². The molecule has 0 aliphatic heterocycles. The first kappa shape index (κ1) is 16.2. The van der Waals surface area contributed by atoms with Gasteiger partial charge in [-0.2, -0.15) is 0 Å². The van der Waals surface area contributed by atoms with Crippen LogP contribution in [0.25, 0.3) is 0 Å². The van der Waals surface area contributed by atoms with E-state index in [0.717, 1.165) is 5.56 Å². The number of carbonyl (C=O) groups is 1. The fourth-order valence-electron chi connectivity index (χ4n) is 2.40. The van der Waals surface area contributed by atoms with Gasteiger partial charge in [-0.05, 0) is 17.2 Å². The third-order valence-corrected chi connectivity index (χ3v) is 3.50. The van der Waals surface area contributed by atoms with Crippen molar-refractivity contribution in [3.05, 3.63) is 71.5 Å². The average Bonchev–Trinajstić information content (AvgIpc) is 2.54. The van der Waals surface area contributed by atoms with Gasteiger partial charge in [-0.15, -0.1) is 0 Å².